The van der Waals surface area contributed by atoms with E-state index in [-0.39, 0.29) is 18.4 Å². The second-order valence-corrected chi connectivity index (χ2v) is 8.86. The number of methoxy groups -OCH3 is 1. The van der Waals surface area contributed by atoms with Crippen molar-refractivity contribution >= 4 is 0 Å². The first-order valence-corrected chi connectivity index (χ1v) is 10.1. The molecule has 154 valence electrons. The van der Waals surface area contributed by atoms with Crippen molar-refractivity contribution in [1.82, 2.24) is 20.0 Å². The van der Waals surface area contributed by atoms with Crippen LogP contribution in [-0.2, 0) is 24.2 Å². The summed E-state index contributed by atoms with van der Waals surface area (Å²) in [6.07, 6.45) is 4.03. The van der Waals surface area contributed by atoms with Gasteiger partial charge in [-0.1, -0.05) is 6.92 Å². The molecule has 1 aromatic rings. The molecule has 5 nitrogen and oxygen atoms in total. The fraction of sp³-hybridized carbons (Fsp3) is 0.850. The molecule has 0 unspecified atom stereocenters. The number of fused-ring (bicyclic) bond motifs is 1. The first kappa shape index (κ1) is 20.7. The topological polar surface area (TPSA) is 42.3 Å². The van der Waals surface area contributed by atoms with Gasteiger partial charge in [0.15, 0.2) is 0 Å². The van der Waals surface area contributed by atoms with Crippen LogP contribution in [0.2, 0.25) is 0 Å². The normalized spacial score (nSPS) is 27.3. The monoisotopic (exact) mass is 384 g/mol. The lowest BCUT2D eigenvalue weighted by Crippen LogP contribution is -2.30. The van der Waals surface area contributed by atoms with E-state index in [4.69, 9.17) is 4.74 Å². The third-order valence-corrected chi connectivity index (χ3v) is 6.24. The summed E-state index contributed by atoms with van der Waals surface area (Å²) in [4.78, 5) is 2.22. The molecule has 2 aliphatic rings. The van der Waals surface area contributed by atoms with Crippen LogP contribution in [0, 0.1) is 5.41 Å². The number of halogens is 2. The highest BCUT2D eigenvalue weighted by Crippen LogP contribution is 2.46. The molecule has 0 radical (unpaired) electrons. The predicted molar refractivity (Wildman–Crippen MR) is 102 cm³/mol. The minimum atomic E-state index is -2.66. The van der Waals surface area contributed by atoms with E-state index in [0.29, 0.717) is 12.5 Å². The lowest BCUT2D eigenvalue weighted by molar-refractivity contribution is 0.000608. The largest absolute Gasteiger partial charge is 0.384 e. The van der Waals surface area contributed by atoms with Crippen molar-refractivity contribution in [2.75, 3.05) is 40.9 Å². The Morgan fingerprint density at radius 1 is 1.33 bits per heavy atom. The molecule has 1 aliphatic carbocycles. The number of hydrogen-bond acceptors (Lipinski definition) is 4. The summed E-state index contributed by atoms with van der Waals surface area (Å²) >= 11 is 0. The Hall–Kier alpha value is -1.05. The van der Waals surface area contributed by atoms with Crippen LogP contribution < -0.4 is 5.32 Å². The molecule has 0 amide bonds. The molecule has 1 N–H and O–H groups in total. The van der Waals surface area contributed by atoms with Gasteiger partial charge in [0.2, 0.25) is 0 Å². The van der Waals surface area contributed by atoms with Gasteiger partial charge in [-0.05, 0) is 51.1 Å². The second-order valence-electron chi connectivity index (χ2n) is 8.86. The molecule has 1 saturated carbocycles. The number of likely N-dealkylation sites (N-methyl/N-ethyl adjacent to an activating group) is 2. The Kier molecular flexibility index (Phi) is 6.23. The lowest BCUT2D eigenvalue weighted by atomic mass is 9.70. The number of nitrogens with one attached hydrogen (secondary N) is 1. The average Bonchev–Trinajstić information content (AvgIpc) is 3.05. The van der Waals surface area contributed by atoms with Crippen molar-refractivity contribution < 1.29 is 13.5 Å². The maximum atomic E-state index is 14.0. The SMILES string of the molecule is CNCCN(C)Cc1nn2c(c1[C@H]1CC[C@](C)(COC)CC1)CC(F)(F)C2. The predicted octanol–water partition coefficient (Wildman–Crippen LogP) is 3.04. The van der Waals surface area contributed by atoms with Crippen LogP contribution >= 0.6 is 0 Å². The highest BCUT2D eigenvalue weighted by Gasteiger charge is 2.43. The van der Waals surface area contributed by atoms with Gasteiger partial charge in [-0.3, -0.25) is 9.58 Å². The van der Waals surface area contributed by atoms with E-state index in [0.717, 1.165) is 62.3 Å². The maximum Gasteiger partial charge on any atom is 0.272 e. The van der Waals surface area contributed by atoms with Crippen LogP contribution in [0.25, 0.3) is 0 Å². The number of hydrogen-bond donors (Lipinski definition) is 1. The summed E-state index contributed by atoms with van der Waals surface area (Å²) in [7, 11) is 5.76. The molecule has 1 fully saturated rings. The Morgan fingerprint density at radius 2 is 2.04 bits per heavy atom. The van der Waals surface area contributed by atoms with Crippen LogP contribution in [0.5, 0.6) is 0 Å². The van der Waals surface area contributed by atoms with Gasteiger partial charge in [0.05, 0.1) is 18.7 Å². The quantitative estimate of drug-likeness (QED) is 0.748. The van der Waals surface area contributed by atoms with Crippen molar-refractivity contribution in [3.8, 4) is 0 Å². The van der Waals surface area contributed by atoms with E-state index in [1.165, 1.54) is 0 Å². The molecule has 3 rings (SSSR count). The van der Waals surface area contributed by atoms with E-state index in [9.17, 15) is 8.78 Å². The van der Waals surface area contributed by atoms with Crippen molar-refractivity contribution in [2.45, 2.75) is 64.0 Å². The molecule has 27 heavy (non-hydrogen) atoms. The Bertz CT molecular complexity index is 638. The molecule has 1 aromatic heterocycles. The van der Waals surface area contributed by atoms with Gasteiger partial charge in [-0.25, -0.2) is 8.78 Å². The van der Waals surface area contributed by atoms with Crippen LogP contribution in [0.3, 0.4) is 0 Å². The summed E-state index contributed by atoms with van der Waals surface area (Å²) in [5.74, 6) is -2.33. The van der Waals surface area contributed by atoms with Crippen LogP contribution in [-0.4, -0.2) is 61.5 Å². The molecule has 0 bridgehead atoms. The third kappa shape index (κ3) is 4.69. The van der Waals surface area contributed by atoms with E-state index < -0.39 is 5.92 Å². The molecule has 2 heterocycles. The van der Waals surface area contributed by atoms with E-state index >= 15 is 0 Å². The molecule has 0 atom stereocenters. The van der Waals surface area contributed by atoms with E-state index in [1.54, 1.807) is 11.8 Å². The molecular weight excluding hydrogens is 350 g/mol. The summed E-state index contributed by atoms with van der Waals surface area (Å²) < 4.78 is 35.0. The number of ether oxygens (including phenoxy) is 1. The first-order chi connectivity index (χ1) is 12.8. The van der Waals surface area contributed by atoms with Crippen molar-refractivity contribution in [3.63, 3.8) is 0 Å². The third-order valence-electron chi connectivity index (χ3n) is 6.24. The Balaban J connectivity index is 1.80. The highest BCUT2D eigenvalue weighted by molar-refractivity contribution is 5.34. The summed E-state index contributed by atoms with van der Waals surface area (Å²) in [6.45, 7) is 5.29. The van der Waals surface area contributed by atoms with Crippen LogP contribution in [0.4, 0.5) is 8.78 Å². The molecule has 0 saturated heterocycles. The van der Waals surface area contributed by atoms with Gasteiger partial charge in [-0.15, -0.1) is 0 Å². The Labute approximate surface area is 161 Å². The number of alkyl halides is 2. The fourth-order valence-corrected chi connectivity index (χ4v) is 4.72. The van der Waals surface area contributed by atoms with Gasteiger partial charge in [0.25, 0.3) is 5.92 Å². The number of nitrogens with zero attached hydrogens (tertiary/aromatic N) is 3. The standard InChI is InChI=1S/C20H34F2N4O/c1-19(14-27-4)7-5-15(6-8-19)18-16(12-25(3)10-9-23-2)24-26-13-20(21,22)11-17(18)26/h15,23H,5-14H2,1-4H3/t15-,19-. The lowest BCUT2D eigenvalue weighted by Gasteiger charge is -2.37. The minimum Gasteiger partial charge on any atom is -0.384 e. The molecule has 7 heteroatoms. The highest BCUT2D eigenvalue weighted by atomic mass is 19.3. The van der Waals surface area contributed by atoms with Crippen molar-refractivity contribution in [2.24, 2.45) is 5.41 Å². The molecule has 1 aliphatic heterocycles. The van der Waals surface area contributed by atoms with Gasteiger partial charge >= 0.3 is 0 Å². The zero-order chi connectivity index (χ0) is 19.7. The average molecular weight is 385 g/mol. The maximum absolute atomic E-state index is 14.0. The molecule has 0 spiro atoms. The fourth-order valence-electron chi connectivity index (χ4n) is 4.72. The molecule has 0 aromatic carbocycles. The number of aromatic nitrogens is 2. The van der Waals surface area contributed by atoms with Crippen LogP contribution in [0.15, 0.2) is 0 Å². The van der Waals surface area contributed by atoms with E-state index in [1.807, 2.05) is 7.05 Å². The van der Waals surface area contributed by atoms with Crippen molar-refractivity contribution in [1.29, 1.82) is 0 Å². The summed E-state index contributed by atoms with van der Waals surface area (Å²) in [5, 5.41) is 7.79. The number of rotatable bonds is 8. The first-order valence-electron chi connectivity index (χ1n) is 10.1. The van der Waals surface area contributed by atoms with Gasteiger partial charge < -0.3 is 10.1 Å². The van der Waals surface area contributed by atoms with E-state index in [2.05, 4.69) is 29.3 Å². The van der Waals surface area contributed by atoms with Gasteiger partial charge in [0, 0.05) is 38.0 Å². The van der Waals surface area contributed by atoms with Gasteiger partial charge in [-0.2, -0.15) is 5.10 Å². The minimum absolute atomic E-state index is 0.165. The Morgan fingerprint density at radius 3 is 2.67 bits per heavy atom. The summed E-state index contributed by atoms with van der Waals surface area (Å²) in [5.41, 5.74) is 3.09. The smallest absolute Gasteiger partial charge is 0.272 e. The molecular formula is C20H34F2N4O. The van der Waals surface area contributed by atoms with Crippen LogP contribution in [0.1, 0.15) is 55.5 Å². The zero-order valence-electron chi connectivity index (χ0n) is 17.2. The second kappa shape index (κ2) is 8.13. The zero-order valence-corrected chi connectivity index (χ0v) is 17.2. The van der Waals surface area contributed by atoms with Crippen molar-refractivity contribution in [3.05, 3.63) is 17.0 Å². The summed E-state index contributed by atoms with van der Waals surface area (Å²) in [6, 6.07) is 0. The van der Waals surface area contributed by atoms with Gasteiger partial charge in [0.1, 0.15) is 6.54 Å².